The molecule has 0 unspecified atom stereocenters. The summed E-state index contributed by atoms with van der Waals surface area (Å²) in [7, 11) is 0. The maximum Gasteiger partial charge on any atom is 0.348 e. The Balaban J connectivity index is 1.84. The third kappa shape index (κ3) is 2.59. The molecule has 0 amide bonds. The van der Waals surface area contributed by atoms with Crippen molar-refractivity contribution >= 4 is 33.3 Å². The highest BCUT2D eigenvalue weighted by Crippen LogP contribution is 2.37. The number of carbonyl (C=O) groups excluding carboxylic acids is 1. The summed E-state index contributed by atoms with van der Waals surface area (Å²) in [6.07, 6.45) is 0.729. The van der Waals surface area contributed by atoms with Crippen LogP contribution in [-0.2, 0) is 17.7 Å². The Morgan fingerprint density at radius 3 is 2.88 bits per heavy atom. The van der Waals surface area contributed by atoms with Crippen LogP contribution in [0.25, 0.3) is 10.2 Å². The first-order valence-electron chi connectivity index (χ1n) is 8.47. The Hall–Kier alpha value is -2.68. The van der Waals surface area contributed by atoms with E-state index in [0.29, 0.717) is 23.9 Å². The Morgan fingerprint density at radius 1 is 1.31 bits per heavy atom. The van der Waals surface area contributed by atoms with E-state index < -0.39 is 0 Å². The standard InChI is InChI=1S/C17H19N5O3S/c1-4-25-17(24)13-8(2)12-14(18-9(3)19-16(12)26-13)22-6-5-11-10(7-22)15(23)21-20-11/h4-7H2,1-3H3,(H2,20,21,23). The Labute approximate surface area is 153 Å². The molecule has 9 heteroatoms. The summed E-state index contributed by atoms with van der Waals surface area (Å²) in [5.41, 5.74) is 2.41. The van der Waals surface area contributed by atoms with Crippen molar-refractivity contribution in [3.05, 3.63) is 37.9 Å². The number of thiophene rings is 1. The lowest BCUT2D eigenvalue weighted by atomic mass is 10.1. The Bertz CT molecular complexity index is 1060. The number of hydrogen-bond donors (Lipinski definition) is 2. The lowest BCUT2D eigenvalue weighted by Crippen LogP contribution is -2.33. The quantitative estimate of drug-likeness (QED) is 0.681. The minimum absolute atomic E-state index is 0.0963. The molecule has 8 nitrogen and oxygen atoms in total. The zero-order valence-corrected chi connectivity index (χ0v) is 15.6. The van der Waals surface area contributed by atoms with Crippen LogP contribution in [-0.4, -0.2) is 39.3 Å². The van der Waals surface area contributed by atoms with Crippen molar-refractivity contribution < 1.29 is 9.53 Å². The molecule has 1 aliphatic heterocycles. The molecule has 0 radical (unpaired) electrons. The van der Waals surface area contributed by atoms with E-state index in [-0.39, 0.29) is 11.5 Å². The fourth-order valence-electron chi connectivity index (χ4n) is 3.34. The zero-order chi connectivity index (χ0) is 18.4. The predicted octanol–water partition coefficient (Wildman–Crippen LogP) is 2.06. The molecule has 4 heterocycles. The van der Waals surface area contributed by atoms with Crippen molar-refractivity contribution in [1.82, 2.24) is 20.2 Å². The number of nitrogens with zero attached hydrogens (tertiary/aromatic N) is 3. The number of aromatic nitrogens is 4. The predicted molar refractivity (Wildman–Crippen MR) is 99.0 cm³/mol. The molecule has 3 aromatic heterocycles. The van der Waals surface area contributed by atoms with E-state index in [1.54, 1.807) is 6.92 Å². The van der Waals surface area contributed by atoms with E-state index in [0.717, 1.165) is 45.8 Å². The second-order valence-corrected chi connectivity index (χ2v) is 7.26. The van der Waals surface area contributed by atoms with E-state index in [4.69, 9.17) is 4.74 Å². The fraction of sp³-hybridized carbons (Fsp3) is 0.412. The van der Waals surface area contributed by atoms with Gasteiger partial charge >= 0.3 is 5.97 Å². The SMILES string of the molecule is CCOC(=O)c1sc2nc(C)nc(N3CCc4[nH][nH]c(=O)c4C3)c2c1C. The molecule has 0 aromatic carbocycles. The first-order chi connectivity index (χ1) is 12.5. The normalized spacial score (nSPS) is 13.9. The molecule has 0 aliphatic carbocycles. The molecule has 0 saturated heterocycles. The molecule has 2 N–H and O–H groups in total. The van der Waals surface area contributed by atoms with Crippen LogP contribution < -0.4 is 10.5 Å². The van der Waals surface area contributed by atoms with Gasteiger partial charge in [-0.3, -0.25) is 9.89 Å². The summed E-state index contributed by atoms with van der Waals surface area (Å²) in [5.74, 6) is 1.07. The average Bonchev–Trinajstić information content (AvgIpc) is 3.15. The van der Waals surface area contributed by atoms with Crippen molar-refractivity contribution in [2.45, 2.75) is 33.7 Å². The minimum atomic E-state index is -0.334. The number of H-pyrrole nitrogens is 2. The number of ether oxygens (including phenoxy) is 1. The molecular formula is C17H19N5O3S. The second kappa shape index (κ2) is 6.24. The summed E-state index contributed by atoms with van der Waals surface area (Å²) in [4.78, 5) is 36.8. The van der Waals surface area contributed by atoms with E-state index in [9.17, 15) is 9.59 Å². The molecular weight excluding hydrogens is 354 g/mol. The summed E-state index contributed by atoms with van der Waals surface area (Å²) in [6, 6.07) is 0. The molecule has 0 fully saturated rings. The van der Waals surface area contributed by atoms with Gasteiger partial charge in [-0.1, -0.05) is 0 Å². The number of aromatic amines is 2. The summed E-state index contributed by atoms with van der Waals surface area (Å²) < 4.78 is 5.17. The fourth-order valence-corrected chi connectivity index (χ4v) is 4.45. The van der Waals surface area contributed by atoms with Crippen LogP contribution in [0, 0.1) is 13.8 Å². The van der Waals surface area contributed by atoms with Crippen LogP contribution >= 0.6 is 11.3 Å². The number of fused-ring (bicyclic) bond motifs is 2. The molecule has 0 bridgehead atoms. The van der Waals surface area contributed by atoms with Crippen molar-refractivity contribution in [2.24, 2.45) is 0 Å². The van der Waals surface area contributed by atoms with Gasteiger partial charge in [-0.15, -0.1) is 11.3 Å². The highest BCUT2D eigenvalue weighted by atomic mass is 32.1. The lowest BCUT2D eigenvalue weighted by molar-refractivity contribution is 0.0531. The average molecular weight is 373 g/mol. The van der Waals surface area contributed by atoms with Crippen LogP contribution in [0.1, 0.15) is 39.2 Å². The summed E-state index contributed by atoms with van der Waals surface area (Å²) >= 11 is 1.33. The van der Waals surface area contributed by atoms with Crippen LogP contribution in [0.2, 0.25) is 0 Å². The maximum absolute atomic E-state index is 12.3. The van der Waals surface area contributed by atoms with Gasteiger partial charge in [-0.2, -0.15) is 0 Å². The van der Waals surface area contributed by atoms with Crippen molar-refractivity contribution in [3.8, 4) is 0 Å². The van der Waals surface area contributed by atoms with Crippen LogP contribution in [0.4, 0.5) is 5.82 Å². The summed E-state index contributed by atoms with van der Waals surface area (Å²) in [6.45, 7) is 7.05. The van der Waals surface area contributed by atoms with E-state index in [1.165, 1.54) is 11.3 Å². The lowest BCUT2D eigenvalue weighted by Gasteiger charge is -2.28. The van der Waals surface area contributed by atoms with Gasteiger partial charge in [0, 0.05) is 18.7 Å². The number of carbonyl (C=O) groups is 1. The van der Waals surface area contributed by atoms with Gasteiger partial charge < -0.3 is 14.7 Å². The van der Waals surface area contributed by atoms with Gasteiger partial charge in [0.1, 0.15) is 21.3 Å². The smallest absolute Gasteiger partial charge is 0.348 e. The second-order valence-electron chi connectivity index (χ2n) is 6.26. The van der Waals surface area contributed by atoms with Crippen LogP contribution in [0.15, 0.2) is 4.79 Å². The first kappa shape index (κ1) is 16.8. The molecule has 3 aromatic rings. The van der Waals surface area contributed by atoms with Gasteiger partial charge in [0.25, 0.3) is 5.56 Å². The highest BCUT2D eigenvalue weighted by Gasteiger charge is 2.27. The number of anilines is 1. The van der Waals surface area contributed by atoms with Gasteiger partial charge in [-0.05, 0) is 26.3 Å². The van der Waals surface area contributed by atoms with E-state index >= 15 is 0 Å². The molecule has 0 spiro atoms. The number of rotatable bonds is 3. The first-order valence-corrected chi connectivity index (χ1v) is 9.29. The van der Waals surface area contributed by atoms with Crippen molar-refractivity contribution in [1.29, 1.82) is 0 Å². The van der Waals surface area contributed by atoms with Crippen molar-refractivity contribution in [2.75, 3.05) is 18.1 Å². The molecule has 1 aliphatic rings. The third-order valence-electron chi connectivity index (χ3n) is 4.59. The Morgan fingerprint density at radius 2 is 2.12 bits per heavy atom. The minimum Gasteiger partial charge on any atom is -0.462 e. The van der Waals surface area contributed by atoms with Gasteiger partial charge in [-0.25, -0.2) is 14.8 Å². The third-order valence-corrected chi connectivity index (χ3v) is 5.75. The summed E-state index contributed by atoms with van der Waals surface area (Å²) in [5, 5.41) is 6.44. The highest BCUT2D eigenvalue weighted by molar-refractivity contribution is 7.20. The maximum atomic E-state index is 12.3. The topological polar surface area (TPSA) is 104 Å². The monoisotopic (exact) mass is 373 g/mol. The molecule has 4 rings (SSSR count). The molecule has 26 heavy (non-hydrogen) atoms. The van der Waals surface area contributed by atoms with Gasteiger partial charge in [0.2, 0.25) is 0 Å². The molecule has 0 saturated carbocycles. The number of esters is 1. The van der Waals surface area contributed by atoms with Crippen molar-refractivity contribution in [3.63, 3.8) is 0 Å². The molecule has 136 valence electrons. The zero-order valence-electron chi connectivity index (χ0n) is 14.8. The molecule has 0 atom stereocenters. The number of aryl methyl sites for hydroxylation is 2. The number of nitrogens with one attached hydrogen (secondary N) is 2. The van der Waals surface area contributed by atoms with Gasteiger partial charge in [0.15, 0.2) is 0 Å². The van der Waals surface area contributed by atoms with E-state index in [1.807, 2.05) is 13.8 Å². The van der Waals surface area contributed by atoms with Crippen LogP contribution in [0.3, 0.4) is 0 Å². The largest absolute Gasteiger partial charge is 0.462 e. The van der Waals surface area contributed by atoms with Crippen LogP contribution in [0.5, 0.6) is 0 Å². The Kier molecular flexibility index (Phi) is 4.03. The van der Waals surface area contributed by atoms with Gasteiger partial charge in [0.05, 0.1) is 24.1 Å². The number of hydrogen-bond acceptors (Lipinski definition) is 7. The van der Waals surface area contributed by atoms with E-state index in [2.05, 4.69) is 25.1 Å².